The minimum Gasteiger partial charge on any atom is -0.348 e. The minimum atomic E-state index is 0.245. The quantitative estimate of drug-likeness (QED) is 0.697. The van der Waals surface area contributed by atoms with Crippen LogP contribution in [-0.4, -0.2) is 16.5 Å². The Morgan fingerprint density at radius 2 is 2.31 bits per heavy atom. The van der Waals surface area contributed by atoms with Gasteiger partial charge in [-0.3, -0.25) is 0 Å². The van der Waals surface area contributed by atoms with Gasteiger partial charge in [0.25, 0.3) is 0 Å². The summed E-state index contributed by atoms with van der Waals surface area (Å²) in [4.78, 5) is 7.97. The van der Waals surface area contributed by atoms with Crippen LogP contribution in [0.15, 0.2) is 6.33 Å². The number of fused-ring (bicyclic) bond motifs is 4. The molecular formula is C13H19N3. The van der Waals surface area contributed by atoms with Crippen molar-refractivity contribution in [2.45, 2.75) is 44.1 Å². The highest BCUT2D eigenvalue weighted by molar-refractivity contribution is 5.29. The van der Waals surface area contributed by atoms with Crippen molar-refractivity contribution in [2.24, 2.45) is 11.8 Å². The van der Waals surface area contributed by atoms with E-state index in [1.54, 1.807) is 0 Å². The van der Waals surface area contributed by atoms with Crippen LogP contribution in [0, 0.1) is 11.8 Å². The third kappa shape index (κ3) is 1.000. The maximum atomic E-state index is 4.63. The molecule has 1 aliphatic heterocycles. The summed E-state index contributed by atoms with van der Waals surface area (Å²) in [5, 5.41) is 3.83. The molecule has 2 heterocycles. The summed E-state index contributed by atoms with van der Waals surface area (Å²) < 4.78 is 0. The molecule has 0 aromatic carbocycles. The lowest BCUT2D eigenvalue weighted by molar-refractivity contribution is 0.213. The number of imidazole rings is 1. The number of nitrogens with zero attached hydrogens (tertiary/aromatic N) is 1. The molecule has 0 radical (unpaired) electrons. The fourth-order valence-corrected chi connectivity index (χ4v) is 4.53. The SMILES string of the molecule is c1nc2c([nH]1)CCNC21CCC2CCCC21. The molecule has 0 saturated heterocycles. The third-order valence-electron chi connectivity index (χ3n) is 5.16. The number of H-pyrrole nitrogens is 1. The highest BCUT2D eigenvalue weighted by Gasteiger charge is 2.53. The van der Waals surface area contributed by atoms with Crippen LogP contribution in [0.4, 0.5) is 0 Å². The standard InChI is InChI=1S/C13H19N3/c1-2-9-4-6-13(10(9)3-1)12-11(5-7-16-13)14-8-15-12/h8-10,16H,1-7H2,(H,14,15). The Kier molecular flexibility index (Phi) is 1.79. The van der Waals surface area contributed by atoms with Gasteiger partial charge in [-0.25, -0.2) is 4.98 Å². The van der Waals surface area contributed by atoms with Gasteiger partial charge in [-0.1, -0.05) is 12.8 Å². The first kappa shape index (κ1) is 9.23. The van der Waals surface area contributed by atoms with Crippen LogP contribution in [0.25, 0.3) is 0 Å². The van der Waals surface area contributed by atoms with Crippen LogP contribution in [0.1, 0.15) is 43.5 Å². The first-order chi connectivity index (χ1) is 7.90. The maximum absolute atomic E-state index is 4.63. The number of aromatic amines is 1. The Morgan fingerprint density at radius 3 is 3.31 bits per heavy atom. The van der Waals surface area contributed by atoms with E-state index in [-0.39, 0.29) is 5.54 Å². The van der Waals surface area contributed by atoms with Crippen molar-refractivity contribution in [3.8, 4) is 0 Å². The van der Waals surface area contributed by atoms with Gasteiger partial charge < -0.3 is 10.3 Å². The van der Waals surface area contributed by atoms with E-state index in [0.29, 0.717) is 0 Å². The Labute approximate surface area is 96.0 Å². The zero-order valence-electron chi connectivity index (χ0n) is 9.63. The van der Waals surface area contributed by atoms with E-state index in [2.05, 4.69) is 15.3 Å². The lowest BCUT2D eigenvalue weighted by atomic mass is 9.78. The van der Waals surface area contributed by atoms with Gasteiger partial charge in [0.1, 0.15) is 0 Å². The fraction of sp³-hybridized carbons (Fsp3) is 0.769. The van der Waals surface area contributed by atoms with E-state index in [4.69, 9.17) is 0 Å². The van der Waals surface area contributed by atoms with Crippen molar-refractivity contribution < 1.29 is 0 Å². The van der Waals surface area contributed by atoms with Crippen molar-refractivity contribution in [2.75, 3.05) is 6.54 Å². The van der Waals surface area contributed by atoms with E-state index in [9.17, 15) is 0 Å². The summed E-state index contributed by atoms with van der Waals surface area (Å²) >= 11 is 0. The smallest absolute Gasteiger partial charge is 0.0926 e. The molecule has 1 spiro atoms. The first-order valence-corrected chi connectivity index (χ1v) is 6.68. The van der Waals surface area contributed by atoms with Crippen LogP contribution in [0.2, 0.25) is 0 Å². The topological polar surface area (TPSA) is 40.7 Å². The van der Waals surface area contributed by atoms with Gasteiger partial charge in [-0.15, -0.1) is 0 Å². The van der Waals surface area contributed by atoms with E-state index in [1.165, 1.54) is 43.5 Å². The van der Waals surface area contributed by atoms with Gasteiger partial charge in [-0.2, -0.15) is 0 Å². The second-order valence-electron chi connectivity index (χ2n) is 5.71. The monoisotopic (exact) mass is 217 g/mol. The molecule has 3 heteroatoms. The summed E-state index contributed by atoms with van der Waals surface area (Å²) in [6.07, 6.45) is 10.0. The van der Waals surface area contributed by atoms with Crippen LogP contribution >= 0.6 is 0 Å². The molecule has 3 unspecified atom stereocenters. The molecule has 0 bridgehead atoms. The second kappa shape index (κ2) is 3.10. The molecule has 2 aliphatic carbocycles. The third-order valence-corrected chi connectivity index (χ3v) is 5.16. The summed E-state index contributed by atoms with van der Waals surface area (Å²) in [5.41, 5.74) is 2.99. The highest BCUT2D eigenvalue weighted by atomic mass is 15.1. The molecule has 2 N–H and O–H groups in total. The Morgan fingerprint density at radius 1 is 1.31 bits per heavy atom. The van der Waals surface area contributed by atoms with Gasteiger partial charge in [0.15, 0.2) is 0 Å². The molecule has 1 aromatic heterocycles. The summed E-state index contributed by atoms with van der Waals surface area (Å²) in [6, 6.07) is 0. The number of aromatic nitrogens is 2. The Hall–Kier alpha value is -0.830. The normalized spacial score (nSPS) is 41.2. The fourth-order valence-electron chi connectivity index (χ4n) is 4.53. The van der Waals surface area contributed by atoms with Gasteiger partial charge in [-0.05, 0) is 31.1 Å². The zero-order chi connectivity index (χ0) is 10.6. The predicted molar refractivity (Wildman–Crippen MR) is 62.0 cm³/mol. The Bertz CT molecular complexity index is 411. The summed E-state index contributed by atoms with van der Waals surface area (Å²) in [6.45, 7) is 1.12. The van der Waals surface area contributed by atoms with Crippen molar-refractivity contribution in [3.63, 3.8) is 0 Å². The molecule has 16 heavy (non-hydrogen) atoms. The number of rotatable bonds is 0. The second-order valence-corrected chi connectivity index (χ2v) is 5.71. The van der Waals surface area contributed by atoms with Crippen molar-refractivity contribution >= 4 is 0 Å². The largest absolute Gasteiger partial charge is 0.348 e. The molecule has 1 aromatic rings. The molecule has 3 aliphatic rings. The van der Waals surface area contributed by atoms with Gasteiger partial charge in [0.05, 0.1) is 17.6 Å². The molecule has 4 rings (SSSR count). The van der Waals surface area contributed by atoms with Gasteiger partial charge in [0.2, 0.25) is 0 Å². The number of hydrogen-bond donors (Lipinski definition) is 2. The van der Waals surface area contributed by atoms with Crippen molar-refractivity contribution in [3.05, 3.63) is 17.7 Å². The molecule has 2 saturated carbocycles. The first-order valence-electron chi connectivity index (χ1n) is 6.68. The zero-order valence-corrected chi connectivity index (χ0v) is 9.63. The lowest BCUT2D eigenvalue weighted by Crippen LogP contribution is -2.50. The van der Waals surface area contributed by atoms with E-state index in [1.807, 2.05) is 6.33 Å². The van der Waals surface area contributed by atoms with Crippen LogP contribution in [0.3, 0.4) is 0 Å². The average molecular weight is 217 g/mol. The minimum absolute atomic E-state index is 0.245. The molecule has 0 amide bonds. The molecule has 3 nitrogen and oxygen atoms in total. The molecule has 2 fully saturated rings. The molecular weight excluding hydrogens is 198 g/mol. The molecule has 3 atom stereocenters. The van der Waals surface area contributed by atoms with E-state index < -0.39 is 0 Å². The van der Waals surface area contributed by atoms with E-state index >= 15 is 0 Å². The summed E-state index contributed by atoms with van der Waals surface area (Å²) in [7, 11) is 0. The Balaban J connectivity index is 1.83. The lowest BCUT2D eigenvalue weighted by Gasteiger charge is -2.39. The predicted octanol–water partition coefficient (Wildman–Crippen LogP) is 1.96. The summed E-state index contributed by atoms with van der Waals surface area (Å²) in [5.74, 6) is 1.82. The van der Waals surface area contributed by atoms with E-state index in [0.717, 1.165) is 24.8 Å². The van der Waals surface area contributed by atoms with Crippen LogP contribution in [0.5, 0.6) is 0 Å². The molecule has 86 valence electrons. The van der Waals surface area contributed by atoms with Gasteiger partial charge in [0, 0.05) is 18.7 Å². The average Bonchev–Trinajstić information content (AvgIpc) is 2.97. The highest BCUT2D eigenvalue weighted by Crippen LogP contribution is 2.55. The van der Waals surface area contributed by atoms with Crippen molar-refractivity contribution in [1.82, 2.24) is 15.3 Å². The van der Waals surface area contributed by atoms with Crippen LogP contribution in [-0.2, 0) is 12.0 Å². The maximum Gasteiger partial charge on any atom is 0.0926 e. The van der Waals surface area contributed by atoms with Gasteiger partial charge >= 0.3 is 0 Å². The van der Waals surface area contributed by atoms with Crippen LogP contribution < -0.4 is 5.32 Å². The van der Waals surface area contributed by atoms with Crippen molar-refractivity contribution in [1.29, 1.82) is 0 Å². The number of nitrogens with one attached hydrogen (secondary N) is 2. The number of hydrogen-bond acceptors (Lipinski definition) is 2.